The number of anilines is 1. The number of rotatable bonds is 17. The molecule has 2 aromatic carbocycles. The van der Waals surface area contributed by atoms with Crippen molar-refractivity contribution in [1.29, 1.82) is 0 Å². The van der Waals surface area contributed by atoms with Crippen LogP contribution in [0.4, 0.5) is 5.69 Å². The number of hydrogen-bond acceptors (Lipinski definition) is 9. The zero-order valence-corrected chi connectivity index (χ0v) is 24.3. The van der Waals surface area contributed by atoms with Crippen LogP contribution >= 0.6 is 0 Å². The van der Waals surface area contributed by atoms with Crippen LogP contribution in [0.3, 0.4) is 0 Å². The third-order valence-electron chi connectivity index (χ3n) is 5.80. The maximum Gasteiger partial charge on any atom is 0.303 e. The van der Waals surface area contributed by atoms with E-state index in [0.717, 1.165) is 5.41 Å². The summed E-state index contributed by atoms with van der Waals surface area (Å²) in [5.74, 6) is -0.330. The summed E-state index contributed by atoms with van der Waals surface area (Å²) < 4.78 is 47.1. The van der Waals surface area contributed by atoms with E-state index < -0.39 is 15.8 Å². The molecule has 0 aliphatic carbocycles. The van der Waals surface area contributed by atoms with Crippen LogP contribution in [0.5, 0.6) is 23.0 Å². The van der Waals surface area contributed by atoms with Crippen molar-refractivity contribution in [2.24, 2.45) is 0 Å². The molecule has 0 saturated heterocycles. The SMILES string of the molecule is COc1cc(OC)c(C=CS(=O)(=O)Cc2ccc(OC)c(NC(=O)CCCNC(=O)CCCC(=O)O)c2)c(OC)c1. The number of amides is 2. The number of ether oxygens (including phenoxy) is 4. The minimum Gasteiger partial charge on any atom is -0.496 e. The Morgan fingerprint density at radius 2 is 1.46 bits per heavy atom. The second kappa shape index (κ2) is 16.1. The molecule has 0 atom stereocenters. The van der Waals surface area contributed by atoms with E-state index in [1.165, 1.54) is 40.6 Å². The van der Waals surface area contributed by atoms with Gasteiger partial charge in [0.25, 0.3) is 0 Å². The average molecular weight is 593 g/mol. The van der Waals surface area contributed by atoms with Crippen molar-refractivity contribution in [2.45, 2.75) is 37.9 Å². The first-order valence-electron chi connectivity index (χ1n) is 12.7. The summed E-state index contributed by atoms with van der Waals surface area (Å²) in [4.78, 5) is 34.7. The van der Waals surface area contributed by atoms with Crippen molar-refractivity contribution in [3.05, 3.63) is 46.9 Å². The summed E-state index contributed by atoms with van der Waals surface area (Å²) >= 11 is 0. The van der Waals surface area contributed by atoms with Crippen LogP contribution < -0.4 is 29.6 Å². The average Bonchev–Trinajstić information content (AvgIpc) is 2.93. The molecular weight excluding hydrogens is 556 g/mol. The largest absolute Gasteiger partial charge is 0.496 e. The minimum atomic E-state index is -3.75. The van der Waals surface area contributed by atoms with Crippen LogP contribution in [0.25, 0.3) is 6.08 Å². The second-order valence-electron chi connectivity index (χ2n) is 8.84. The summed E-state index contributed by atoms with van der Waals surface area (Å²) in [5.41, 5.74) is 1.16. The first-order valence-corrected chi connectivity index (χ1v) is 14.4. The van der Waals surface area contributed by atoms with E-state index in [4.69, 9.17) is 24.1 Å². The molecule has 2 aromatic rings. The summed E-state index contributed by atoms with van der Waals surface area (Å²) in [7, 11) is 2.08. The summed E-state index contributed by atoms with van der Waals surface area (Å²) in [6, 6.07) is 7.92. The van der Waals surface area contributed by atoms with Gasteiger partial charge in [0.05, 0.1) is 45.4 Å². The molecule has 3 N–H and O–H groups in total. The fourth-order valence-corrected chi connectivity index (χ4v) is 4.85. The van der Waals surface area contributed by atoms with Gasteiger partial charge in [0.15, 0.2) is 9.84 Å². The van der Waals surface area contributed by atoms with Gasteiger partial charge in [-0.05, 0) is 36.6 Å². The second-order valence-corrected chi connectivity index (χ2v) is 10.7. The molecule has 2 amide bonds. The fraction of sp³-hybridized carbons (Fsp3) is 0.393. The third-order valence-corrected chi connectivity index (χ3v) is 7.08. The Bertz CT molecular complexity index is 1330. The molecule has 2 rings (SSSR count). The van der Waals surface area contributed by atoms with Crippen molar-refractivity contribution >= 4 is 39.4 Å². The summed E-state index contributed by atoms with van der Waals surface area (Å²) in [6.07, 6.45) is 2.10. The normalized spacial score (nSPS) is 11.1. The van der Waals surface area contributed by atoms with Gasteiger partial charge in [-0.15, -0.1) is 0 Å². The zero-order valence-electron chi connectivity index (χ0n) is 23.5. The van der Waals surface area contributed by atoms with E-state index in [-0.39, 0.29) is 49.8 Å². The first-order chi connectivity index (χ1) is 19.5. The lowest BCUT2D eigenvalue weighted by Gasteiger charge is -2.13. The van der Waals surface area contributed by atoms with Gasteiger partial charge >= 0.3 is 5.97 Å². The van der Waals surface area contributed by atoms with E-state index >= 15 is 0 Å². The number of carboxylic acids is 1. The Kier molecular flexibility index (Phi) is 12.9. The summed E-state index contributed by atoms with van der Waals surface area (Å²) in [5, 5.41) is 15.1. The maximum atomic E-state index is 12.9. The number of carbonyl (C=O) groups is 3. The van der Waals surface area contributed by atoms with Gasteiger partial charge in [-0.1, -0.05) is 6.07 Å². The number of methoxy groups -OCH3 is 4. The van der Waals surface area contributed by atoms with E-state index in [0.29, 0.717) is 46.2 Å². The summed E-state index contributed by atoms with van der Waals surface area (Å²) in [6.45, 7) is 0.255. The van der Waals surface area contributed by atoms with E-state index in [2.05, 4.69) is 10.6 Å². The molecule has 0 aliphatic heterocycles. The van der Waals surface area contributed by atoms with Crippen LogP contribution in [-0.4, -0.2) is 66.3 Å². The molecule has 41 heavy (non-hydrogen) atoms. The predicted molar refractivity (Wildman–Crippen MR) is 153 cm³/mol. The van der Waals surface area contributed by atoms with Gasteiger partial charge in [0.2, 0.25) is 11.8 Å². The quantitative estimate of drug-likeness (QED) is 0.232. The number of benzene rings is 2. The lowest BCUT2D eigenvalue weighted by Crippen LogP contribution is -2.25. The Hall–Kier alpha value is -4.26. The molecule has 0 aliphatic rings. The van der Waals surface area contributed by atoms with Gasteiger partial charge in [-0.3, -0.25) is 14.4 Å². The van der Waals surface area contributed by atoms with Crippen molar-refractivity contribution in [3.63, 3.8) is 0 Å². The molecule has 0 unspecified atom stereocenters. The highest BCUT2D eigenvalue weighted by Gasteiger charge is 2.16. The molecule has 13 heteroatoms. The Morgan fingerprint density at radius 3 is 2.05 bits per heavy atom. The molecule has 0 bridgehead atoms. The fourth-order valence-electron chi connectivity index (χ4n) is 3.77. The van der Waals surface area contributed by atoms with Gasteiger partial charge in [-0.2, -0.15) is 0 Å². The smallest absolute Gasteiger partial charge is 0.303 e. The number of sulfone groups is 1. The molecule has 0 aromatic heterocycles. The molecule has 0 heterocycles. The number of aliphatic carboxylic acids is 1. The predicted octanol–water partition coefficient (Wildman–Crippen LogP) is 3.40. The third kappa shape index (κ3) is 11.0. The van der Waals surface area contributed by atoms with Gasteiger partial charge < -0.3 is 34.7 Å². The van der Waals surface area contributed by atoms with Crippen LogP contribution in [0.2, 0.25) is 0 Å². The van der Waals surface area contributed by atoms with Crippen LogP contribution in [0.1, 0.15) is 43.2 Å². The van der Waals surface area contributed by atoms with Crippen molar-refractivity contribution in [3.8, 4) is 23.0 Å². The highest BCUT2D eigenvalue weighted by molar-refractivity contribution is 7.93. The number of hydrogen-bond donors (Lipinski definition) is 3. The molecule has 12 nitrogen and oxygen atoms in total. The Labute approximate surface area is 239 Å². The highest BCUT2D eigenvalue weighted by atomic mass is 32.2. The van der Waals surface area contributed by atoms with E-state index in [1.807, 2.05) is 0 Å². The lowest BCUT2D eigenvalue weighted by molar-refractivity contribution is -0.137. The Morgan fingerprint density at radius 1 is 0.829 bits per heavy atom. The Balaban J connectivity index is 2.04. The molecule has 0 radical (unpaired) electrons. The molecule has 0 saturated carbocycles. The molecular formula is C28H36N2O10S. The van der Waals surface area contributed by atoms with Crippen LogP contribution in [0, 0.1) is 0 Å². The van der Waals surface area contributed by atoms with Gasteiger partial charge in [-0.25, -0.2) is 8.42 Å². The molecule has 0 fully saturated rings. The minimum absolute atomic E-state index is 0.0829. The number of carbonyl (C=O) groups excluding carboxylic acids is 2. The zero-order chi connectivity index (χ0) is 30.4. The van der Waals surface area contributed by atoms with Gasteiger partial charge in [0, 0.05) is 43.3 Å². The lowest BCUT2D eigenvalue weighted by atomic mass is 10.1. The molecule has 224 valence electrons. The topological polar surface area (TPSA) is 167 Å². The number of nitrogens with one attached hydrogen (secondary N) is 2. The van der Waals surface area contributed by atoms with Crippen molar-refractivity contribution in [1.82, 2.24) is 5.32 Å². The maximum absolute atomic E-state index is 12.9. The van der Waals surface area contributed by atoms with E-state index in [9.17, 15) is 22.8 Å². The highest BCUT2D eigenvalue weighted by Crippen LogP contribution is 2.35. The monoisotopic (exact) mass is 592 g/mol. The first kappa shape index (κ1) is 32.9. The van der Waals surface area contributed by atoms with Gasteiger partial charge in [0.1, 0.15) is 23.0 Å². The van der Waals surface area contributed by atoms with E-state index in [1.54, 1.807) is 24.3 Å². The van der Waals surface area contributed by atoms with Crippen LogP contribution in [0.15, 0.2) is 35.7 Å². The van der Waals surface area contributed by atoms with Crippen LogP contribution in [-0.2, 0) is 30.0 Å². The number of carboxylic acid groups (broad SMARTS) is 1. The molecule has 0 spiro atoms. The van der Waals surface area contributed by atoms with Crippen molar-refractivity contribution < 1.29 is 46.9 Å². The standard InChI is InChI=1S/C28H36N2O10S/c1-37-20-16-24(39-3)21(25(17-20)40-4)12-14-41(35,36)18-19-10-11-23(38-2)22(15-19)30-27(32)8-6-13-29-26(31)7-5-9-28(33)34/h10-12,14-17H,5-9,13,18H2,1-4H3,(H,29,31)(H,30,32)(H,33,34). The van der Waals surface area contributed by atoms with Crippen molar-refractivity contribution in [2.75, 3.05) is 40.3 Å².